The summed E-state index contributed by atoms with van der Waals surface area (Å²) in [5, 5.41) is 13.3. The Morgan fingerprint density at radius 2 is 2.09 bits per heavy atom. The van der Waals surface area contributed by atoms with Crippen molar-refractivity contribution in [1.82, 2.24) is 14.8 Å². The van der Waals surface area contributed by atoms with Crippen LogP contribution in [-0.4, -0.2) is 47.9 Å². The Morgan fingerprint density at radius 3 is 2.70 bits per heavy atom. The zero-order chi connectivity index (χ0) is 16.6. The van der Waals surface area contributed by atoms with E-state index in [-0.39, 0.29) is 0 Å². The Balaban J connectivity index is 2.00. The molecule has 0 radical (unpaired) electrons. The molecule has 124 valence electrons. The van der Waals surface area contributed by atoms with E-state index in [9.17, 15) is 9.90 Å². The molecule has 2 N–H and O–H groups in total. The second-order valence-corrected chi connectivity index (χ2v) is 6.10. The highest BCUT2D eigenvalue weighted by atomic mass is 16.5. The number of nitrogens with one attached hydrogen (secondary N) is 1. The highest BCUT2D eigenvalue weighted by Gasteiger charge is 2.25. The van der Waals surface area contributed by atoms with Crippen LogP contribution in [0.4, 0.5) is 0 Å². The molecule has 1 aliphatic heterocycles. The van der Waals surface area contributed by atoms with Crippen LogP contribution < -0.4 is 5.32 Å². The lowest BCUT2D eigenvalue weighted by Gasteiger charge is -2.13. The number of carboxylic acid groups (broad SMARTS) is 1. The Labute approximate surface area is 135 Å². The van der Waals surface area contributed by atoms with Crippen LogP contribution in [0.1, 0.15) is 22.7 Å². The first kappa shape index (κ1) is 16.0. The summed E-state index contributed by atoms with van der Waals surface area (Å²) in [5.41, 5.74) is 4.49. The van der Waals surface area contributed by atoms with E-state index >= 15 is 0 Å². The van der Waals surface area contributed by atoms with E-state index in [4.69, 9.17) is 4.74 Å². The molecule has 0 spiro atoms. The van der Waals surface area contributed by atoms with Gasteiger partial charge in [-0.2, -0.15) is 0 Å². The molecular weight excluding hydrogens is 294 g/mol. The predicted octanol–water partition coefficient (Wildman–Crippen LogP) is 1.49. The minimum atomic E-state index is -0.859. The lowest BCUT2D eigenvalue weighted by molar-refractivity contribution is -0.139. The third-order valence-electron chi connectivity index (χ3n) is 4.59. The summed E-state index contributed by atoms with van der Waals surface area (Å²) in [6.45, 7) is 3.44. The largest absolute Gasteiger partial charge is 0.480 e. The molecule has 6 heteroatoms. The number of aliphatic carboxylic acids is 1. The van der Waals surface area contributed by atoms with Gasteiger partial charge in [0.2, 0.25) is 0 Å². The minimum absolute atomic E-state index is 0.692. The van der Waals surface area contributed by atoms with Gasteiger partial charge in [0.25, 0.3) is 0 Å². The number of benzene rings is 1. The molecule has 0 bridgehead atoms. The number of likely N-dealkylation sites (N-methyl/N-ethyl adjacent to an activating group) is 1. The van der Waals surface area contributed by atoms with Gasteiger partial charge in [0.05, 0.1) is 6.61 Å². The number of aromatic nitrogens is 1. The van der Waals surface area contributed by atoms with E-state index in [0.717, 1.165) is 42.7 Å². The molecule has 1 aromatic carbocycles. The second kappa shape index (κ2) is 6.31. The lowest BCUT2D eigenvalue weighted by atomic mass is 10.0. The van der Waals surface area contributed by atoms with Gasteiger partial charge in [-0.1, -0.05) is 0 Å². The van der Waals surface area contributed by atoms with Gasteiger partial charge in [0, 0.05) is 56.5 Å². The summed E-state index contributed by atoms with van der Waals surface area (Å²) >= 11 is 0. The van der Waals surface area contributed by atoms with Gasteiger partial charge < -0.3 is 19.7 Å². The number of fused-ring (bicyclic) bond motifs is 2. The molecule has 0 saturated heterocycles. The standard InChI is InChI=1S/C17H23N3O3/c1-18-16(17(21)22)14-10-19(2)15-7-12-9-20(4-5-23-3)8-11(12)6-13(14)15/h6-7,10,16,18H,4-5,8-9H2,1-3H3,(H,21,22). The number of nitrogens with zero attached hydrogens (tertiary/aromatic N) is 2. The monoisotopic (exact) mass is 317 g/mol. The first-order chi connectivity index (χ1) is 11.0. The third-order valence-corrected chi connectivity index (χ3v) is 4.59. The first-order valence-electron chi connectivity index (χ1n) is 7.77. The van der Waals surface area contributed by atoms with Crippen molar-refractivity contribution in [1.29, 1.82) is 0 Å². The normalized spacial score (nSPS) is 16.0. The highest BCUT2D eigenvalue weighted by molar-refractivity contribution is 5.90. The molecule has 0 fully saturated rings. The molecule has 1 unspecified atom stereocenters. The van der Waals surface area contributed by atoms with Crippen molar-refractivity contribution < 1.29 is 14.6 Å². The molecule has 1 aromatic heterocycles. The van der Waals surface area contributed by atoms with Gasteiger partial charge in [0.1, 0.15) is 6.04 Å². The average molecular weight is 317 g/mol. The van der Waals surface area contributed by atoms with Crippen LogP contribution in [0.25, 0.3) is 10.9 Å². The number of methoxy groups -OCH3 is 1. The first-order valence-corrected chi connectivity index (χ1v) is 7.77. The van der Waals surface area contributed by atoms with Gasteiger partial charge in [-0.15, -0.1) is 0 Å². The number of rotatable bonds is 6. The molecule has 6 nitrogen and oxygen atoms in total. The third kappa shape index (κ3) is 2.85. The van der Waals surface area contributed by atoms with Crippen LogP contribution in [-0.2, 0) is 29.7 Å². The number of hydrogen-bond donors (Lipinski definition) is 2. The number of carboxylic acids is 1. The Bertz CT molecular complexity index is 738. The fourth-order valence-corrected chi connectivity index (χ4v) is 3.40. The molecule has 1 aliphatic rings. The summed E-state index contributed by atoms with van der Waals surface area (Å²) in [6, 6.07) is 3.65. The summed E-state index contributed by atoms with van der Waals surface area (Å²) in [6.07, 6.45) is 1.91. The molecule has 2 heterocycles. The highest BCUT2D eigenvalue weighted by Crippen LogP contribution is 2.32. The van der Waals surface area contributed by atoms with Crippen LogP contribution >= 0.6 is 0 Å². The number of hydrogen-bond acceptors (Lipinski definition) is 4. The van der Waals surface area contributed by atoms with E-state index in [1.165, 1.54) is 11.1 Å². The van der Waals surface area contributed by atoms with E-state index in [2.05, 4.69) is 22.3 Å². The van der Waals surface area contributed by atoms with E-state index in [1.54, 1.807) is 14.2 Å². The topological polar surface area (TPSA) is 66.7 Å². The van der Waals surface area contributed by atoms with Crippen molar-refractivity contribution in [2.45, 2.75) is 19.1 Å². The van der Waals surface area contributed by atoms with E-state index in [0.29, 0.717) is 0 Å². The molecular formula is C17H23N3O3. The van der Waals surface area contributed by atoms with Gasteiger partial charge in [-0.05, 0) is 30.3 Å². The van der Waals surface area contributed by atoms with Crippen LogP contribution in [0.2, 0.25) is 0 Å². The maximum absolute atomic E-state index is 11.5. The number of ether oxygens (including phenoxy) is 1. The fourth-order valence-electron chi connectivity index (χ4n) is 3.40. The Kier molecular flexibility index (Phi) is 4.39. The van der Waals surface area contributed by atoms with Crippen LogP contribution in [0, 0.1) is 0 Å². The van der Waals surface area contributed by atoms with Gasteiger partial charge in [-0.3, -0.25) is 9.69 Å². The van der Waals surface area contributed by atoms with E-state index < -0.39 is 12.0 Å². The summed E-state index contributed by atoms with van der Waals surface area (Å²) in [5.74, 6) is -0.859. The second-order valence-electron chi connectivity index (χ2n) is 6.10. The molecule has 23 heavy (non-hydrogen) atoms. The van der Waals surface area contributed by atoms with Crippen LogP contribution in [0.5, 0.6) is 0 Å². The molecule has 1 atom stereocenters. The van der Waals surface area contributed by atoms with Gasteiger partial charge in [-0.25, -0.2) is 0 Å². The minimum Gasteiger partial charge on any atom is -0.480 e. The molecule has 2 aromatic rings. The van der Waals surface area contributed by atoms with Crippen molar-refractivity contribution in [2.24, 2.45) is 7.05 Å². The van der Waals surface area contributed by atoms with Crippen LogP contribution in [0.15, 0.2) is 18.3 Å². The number of aryl methyl sites for hydroxylation is 1. The Hall–Kier alpha value is -1.89. The number of carbonyl (C=O) groups is 1. The fraction of sp³-hybridized carbons (Fsp3) is 0.471. The predicted molar refractivity (Wildman–Crippen MR) is 88.3 cm³/mol. The van der Waals surface area contributed by atoms with Crippen LogP contribution in [0.3, 0.4) is 0 Å². The maximum atomic E-state index is 11.5. The van der Waals surface area contributed by atoms with Gasteiger partial charge in [0.15, 0.2) is 0 Å². The zero-order valence-corrected chi connectivity index (χ0v) is 13.8. The van der Waals surface area contributed by atoms with Crippen molar-refractivity contribution in [3.05, 3.63) is 35.0 Å². The van der Waals surface area contributed by atoms with Crippen molar-refractivity contribution in [3.63, 3.8) is 0 Å². The van der Waals surface area contributed by atoms with Crippen molar-refractivity contribution in [2.75, 3.05) is 27.3 Å². The quantitative estimate of drug-likeness (QED) is 0.845. The maximum Gasteiger partial charge on any atom is 0.325 e. The summed E-state index contributed by atoms with van der Waals surface area (Å²) in [4.78, 5) is 13.8. The van der Waals surface area contributed by atoms with Crippen molar-refractivity contribution in [3.8, 4) is 0 Å². The Morgan fingerprint density at radius 1 is 1.39 bits per heavy atom. The molecule has 0 saturated carbocycles. The van der Waals surface area contributed by atoms with Crippen molar-refractivity contribution >= 4 is 16.9 Å². The molecule has 3 rings (SSSR count). The smallest absolute Gasteiger partial charge is 0.325 e. The SMILES string of the molecule is CNC(C(=O)O)c1cn(C)c2cc3c(cc12)CN(CCOC)C3. The molecule has 0 amide bonds. The zero-order valence-electron chi connectivity index (χ0n) is 13.8. The summed E-state index contributed by atoms with van der Waals surface area (Å²) in [7, 11) is 5.36. The molecule has 0 aliphatic carbocycles. The van der Waals surface area contributed by atoms with E-state index in [1.807, 2.05) is 17.8 Å². The lowest BCUT2D eigenvalue weighted by Crippen LogP contribution is -2.24. The average Bonchev–Trinajstić information content (AvgIpc) is 3.05. The van der Waals surface area contributed by atoms with Gasteiger partial charge >= 0.3 is 5.97 Å². The summed E-state index contributed by atoms with van der Waals surface area (Å²) < 4.78 is 7.17.